The number of fused-ring (bicyclic) bond motifs is 1. The largest absolute Gasteiger partial charge is 0.486 e. The zero-order chi connectivity index (χ0) is 22.7. The second-order valence-electron chi connectivity index (χ2n) is 9.47. The van der Waals surface area contributed by atoms with Crippen LogP contribution in [0.4, 0.5) is 0 Å². The van der Waals surface area contributed by atoms with Gasteiger partial charge in [0.1, 0.15) is 19.3 Å². The third-order valence-electron chi connectivity index (χ3n) is 7.39. The van der Waals surface area contributed by atoms with Crippen LogP contribution in [0.1, 0.15) is 49.7 Å². The number of nitrogens with one attached hydrogen (secondary N) is 1. The Balaban J connectivity index is 1.26. The van der Waals surface area contributed by atoms with E-state index in [0.29, 0.717) is 32.7 Å². The van der Waals surface area contributed by atoms with Gasteiger partial charge in [-0.05, 0) is 48.9 Å². The van der Waals surface area contributed by atoms with Gasteiger partial charge in [-0.15, -0.1) is 0 Å². The highest BCUT2D eigenvalue weighted by atomic mass is 16.6. The summed E-state index contributed by atoms with van der Waals surface area (Å²) in [5.41, 5.74) is 2.09. The molecule has 1 N–H and O–H groups in total. The molecule has 33 heavy (non-hydrogen) atoms. The quantitative estimate of drug-likeness (QED) is 0.733. The molecule has 3 aliphatic rings. The highest BCUT2D eigenvalue weighted by Crippen LogP contribution is 2.44. The smallest absolute Gasteiger partial charge is 0.242 e. The minimum Gasteiger partial charge on any atom is -0.486 e. The van der Waals surface area contributed by atoms with Crippen LogP contribution in [0.5, 0.6) is 11.5 Å². The zero-order valence-electron chi connectivity index (χ0n) is 19.1. The number of hydrogen-bond acceptors (Lipinski definition) is 4. The monoisotopic (exact) mass is 448 g/mol. The molecule has 5 rings (SSSR count). The van der Waals surface area contributed by atoms with Gasteiger partial charge in [0.2, 0.25) is 11.8 Å². The van der Waals surface area contributed by atoms with Crippen molar-refractivity contribution < 1.29 is 19.1 Å². The van der Waals surface area contributed by atoms with Crippen molar-refractivity contribution in [2.75, 3.05) is 26.3 Å². The Morgan fingerprint density at radius 2 is 1.73 bits per heavy atom. The van der Waals surface area contributed by atoms with Gasteiger partial charge in [0.25, 0.3) is 0 Å². The summed E-state index contributed by atoms with van der Waals surface area (Å²) in [6.07, 6.45) is 6.30. The second-order valence-corrected chi connectivity index (χ2v) is 9.47. The van der Waals surface area contributed by atoms with Gasteiger partial charge in [0.05, 0.1) is 6.42 Å². The van der Waals surface area contributed by atoms with Crippen LogP contribution in [0.2, 0.25) is 0 Å². The Kier molecular flexibility index (Phi) is 6.25. The Labute approximate surface area is 195 Å². The Morgan fingerprint density at radius 3 is 2.52 bits per heavy atom. The minimum atomic E-state index is -0.375. The number of carbonyl (C=O) groups excluding carboxylic acids is 2. The van der Waals surface area contributed by atoms with Crippen LogP contribution in [0.25, 0.3) is 0 Å². The summed E-state index contributed by atoms with van der Waals surface area (Å²) >= 11 is 0. The lowest BCUT2D eigenvalue weighted by molar-refractivity contribution is -0.138. The lowest BCUT2D eigenvalue weighted by atomic mass is 9.78. The van der Waals surface area contributed by atoms with Crippen LogP contribution in [-0.4, -0.2) is 49.1 Å². The maximum Gasteiger partial charge on any atom is 0.242 e. The SMILES string of the molecule is O=C(NCC1(c2ccc3c(c2)OCCO3)CCCC1)C1CCCN1C(=O)Cc1ccccc1. The van der Waals surface area contributed by atoms with Crippen molar-refractivity contribution in [3.63, 3.8) is 0 Å². The second kappa shape index (κ2) is 9.46. The van der Waals surface area contributed by atoms with Crippen molar-refractivity contribution in [1.82, 2.24) is 10.2 Å². The zero-order valence-corrected chi connectivity index (χ0v) is 19.1. The van der Waals surface area contributed by atoms with Crippen LogP contribution in [-0.2, 0) is 21.4 Å². The number of amides is 2. The summed E-state index contributed by atoms with van der Waals surface area (Å²) in [5, 5.41) is 3.23. The fourth-order valence-electron chi connectivity index (χ4n) is 5.58. The number of likely N-dealkylation sites (tertiary alicyclic amines) is 1. The maximum absolute atomic E-state index is 13.2. The standard InChI is InChI=1S/C27H32N2O4/c30-25(17-20-7-2-1-3-8-20)29-14-6-9-22(29)26(31)28-19-27(12-4-5-13-27)21-10-11-23-24(18-21)33-16-15-32-23/h1-3,7-8,10-11,18,22H,4-6,9,12-17,19H2,(H,28,31). The molecular weight excluding hydrogens is 416 g/mol. The van der Waals surface area contributed by atoms with E-state index in [4.69, 9.17) is 9.47 Å². The summed E-state index contributed by atoms with van der Waals surface area (Å²) in [4.78, 5) is 27.9. The predicted octanol–water partition coefficient (Wildman–Crippen LogP) is 3.62. The first-order valence-electron chi connectivity index (χ1n) is 12.2. The van der Waals surface area contributed by atoms with E-state index < -0.39 is 0 Å². The average molecular weight is 449 g/mol. The third kappa shape index (κ3) is 4.56. The highest BCUT2D eigenvalue weighted by molar-refractivity contribution is 5.89. The van der Waals surface area contributed by atoms with Crippen molar-refractivity contribution in [2.45, 2.75) is 56.4 Å². The first kappa shape index (κ1) is 21.8. The van der Waals surface area contributed by atoms with Crippen molar-refractivity contribution in [3.8, 4) is 11.5 Å². The molecule has 2 aromatic rings. The summed E-state index contributed by atoms with van der Waals surface area (Å²) in [6.45, 7) is 2.38. The van der Waals surface area contributed by atoms with E-state index in [-0.39, 0.29) is 23.3 Å². The summed E-state index contributed by atoms with van der Waals surface area (Å²) < 4.78 is 11.5. The molecule has 2 aromatic carbocycles. The Bertz CT molecular complexity index is 1000. The molecule has 0 aromatic heterocycles. The molecule has 6 heteroatoms. The van der Waals surface area contributed by atoms with E-state index in [1.165, 1.54) is 5.56 Å². The van der Waals surface area contributed by atoms with Gasteiger partial charge < -0.3 is 19.7 Å². The third-order valence-corrected chi connectivity index (χ3v) is 7.39. The molecule has 2 amide bonds. The van der Waals surface area contributed by atoms with Gasteiger partial charge in [-0.25, -0.2) is 0 Å². The Morgan fingerprint density at radius 1 is 0.970 bits per heavy atom. The van der Waals surface area contributed by atoms with E-state index in [1.54, 1.807) is 4.90 Å². The van der Waals surface area contributed by atoms with Gasteiger partial charge in [-0.2, -0.15) is 0 Å². The van der Waals surface area contributed by atoms with Crippen molar-refractivity contribution in [1.29, 1.82) is 0 Å². The van der Waals surface area contributed by atoms with Crippen molar-refractivity contribution >= 4 is 11.8 Å². The van der Waals surface area contributed by atoms with Crippen LogP contribution < -0.4 is 14.8 Å². The summed E-state index contributed by atoms with van der Waals surface area (Å²) in [6, 6.07) is 15.6. The van der Waals surface area contributed by atoms with E-state index in [1.807, 2.05) is 36.4 Å². The number of rotatable bonds is 6. The van der Waals surface area contributed by atoms with Crippen LogP contribution >= 0.6 is 0 Å². The first-order chi connectivity index (χ1) is 16.1. The topological polar surface area (TPSA) is 67.9 Å². The van der Waals surface area contributed by atoms with E-state index >= 15 is 0 Å². The molecule has 1 aliphatic carbocycles. The van der Waals surface area contributed by atoms with Crippen molar-refractivity contribution in [3.05, 3.63) is 59.7 Å². The van der Waals surface area contributed by atoms with Gasteiger partial charge in [-0.3, -0.25) is 9.59 Å². The van der Waals surface area contributed by atoms with E-state index in [9.17, 15) is 9.59 Å². The number of nitrogens with zero attached hydrogens (tertiary/aromatic N) is 1. The molecule has 0 spiro atoms. The summed E-state index contributed by atoms with van der Waals surface area (Å²) in [7, 11) is 0. The van der Waals surface area contributed by atoms with Crippen LogP contribution in [0.3, 0.4) is 0 Å². The van der Waals surface area contributed by atoms with Gasteiger partial charge >= 0.3 is 0 Å². The van der Waals surface area contributed by atoms with Crippen molar-refractivity contribution in [2.24, 2.45) is 0 Å². The molecule has 1 saturated heterocycles. The van der Waals surface area contributed by atoms with E-state index in [0.717, 1.165) is 55.6 Å². The highest BCUT2D eigenvalue weighted by Gasteiger charge is 2.39. The number of carbonyl (C=O) groups is 2. The van der Waals surface area contributed by atoms with Gasteiger partial charge in [-0.1, -0.05) is 49.2 Å². The van der Waals surface area contributed by atoms with Gasteiger partial charge in [0.15, 0.2) is 11.5 Å². The molecule has 1 atom stereocenters. The molecular formula is C27H32N2O4. The fraction of sp³-hybridized carbons (Fsp3) is 0.481. The Hall–Kier alpha value is -3.02. The van der Waals surface area contributed by atoms with Crippen LogP contribution in [0, 0.1) is 0 Å². The molecule has 0 bridgehead atoms. The average Bonchev–Trinajstić information content (AvgIpc) is 3.54. The predicted molar refractivity (Wildman–Crippen MR) is 125 cm³/mol. The molecule has 2 heterocycles. The molecule has 0 radical (unpaired) electrons. The van der Waals surface area contributed by atoms with Gasteiger partial charge in [0, 0.05) is 18.5 Å². The number of benzene rings is 2. The van der Waals surface area contributed by atoms with Crippen LogP contribution in [0.15, 0.2) is 48.5 Å². The lowest BCUT2D eigenvalue weighted by Gasteiger charge is -2.32. The normalized spacial score (nSPS) is 21.1. The maximum atomic E-state index is 13.2. The van der Waals surface area contributed by atoms with E-state index in [2.05, 4.69) is 17.4 Å². The summed E-state index contributed by atoms with van der Waals surface area (Å²) in [5.74, 6) is 1.59. The molecule has 6 nitrogen and oxygen atoms in total. The molecule has 1 unspecified atom stereocenters. The molecule has 2 aliphatic heterocycles. The molecule has 174 valence electrons. The first-order valence-corrected chi connectivity index (χ1v) is 12.2. The molecule has 2 fully saturated rings. The number of hydrogen-bond donors (Lipinski definition) is 1. The lowest BCUT2D eigenvalue weighted by Crippen LogP contribution is -2.49. The fourth-order valence-corrected chi connectivity index (χ4v) is 5.58. The minimum absolute atomic E-state index is 0.0289. The molecule has 1 saturated carbocycles. The number of ether oxygens (including phenoxy) is 2.